The maximum Gasteiger partial charge on any atom is 0.176 e. The summed E-state index contributed by atoms with van der Waals surface area (Å²) in [6.45, 7) is 8.31. The number of methoxy groups -OCH3 is 1. The van der Waals surface area contributed by atoms with Crippen molar-refractivity contribution < 1.29 is 9.53 Å². The van der Waals surface area contributed by atoms with Crippen LogP contribution in [0.5, 0.6) is 5.75 Å². The molecule has 0 aliphatic carbocycles. The second-order valence-corrected chi connectivity index (χ2v) is 5.91. The number of carbonyl (C=O) groups excluding carboxylic acids is 1. The Morgan fingerprint density at radius 3 is 2.47 bits per heavy atom. The van der Waals surface area contributed by atoms with Crippen LogP contribution in [0.25, 0.3) is 0 Å². The largest absolute Gasteiger partial charge is 0.492 e. The molecule has 19 heavy (non-hydrogen) atoms. The lowest BCUT2D eigenvalue weighted by Gasteiger charge is -2.21. The Bertz CT molecular complexity index is 441. The van der Waals surface area contributed by atoms with E-state index in [-0.39, 0.29) is 5.78 Å². The number of hydrogen-bond acceptors (Lipinski definition) is 5. The molecule has 1 aromatic rings. The molecule has 0 amide bonds. The number of rotatable bonds is 7. The van der Waals surface area contributed by atoms with Gasteiger partial charge in [0.2, 0.25) is 0 Å². The summed E-state index contributed by atoms with van der Waals surface area (Å²) < 4.78 is 5.35. The fourth-order valence-corrected chi connectivity index (χ4v) is 3.16. The summed E-state index contributed by atoms with van der Waals surface area (Å²) in [5.41, 5.74) is 6.47. The van der Waals surface area contributed by atoms with Crippen molar-refractivity contribution in [2.24, 2.45) is 5.92 Å². The average Bonchev–Trinajstić information content (AvgIpc) is 2.70. The van der Waals surface area contributed by atoms with Crippen LogP contribution in [0.1, 0.15) is 50.2 Å². The SMILES string of the molecule is CCC(=O)c1sc(NC(CC)C(C)C)c(OC)c1N. The van der Waals surface area contributed by atoms with Gasteiger partial charge in [0.05, 0.1) is 17.7 Å². The van der Waals surface area contributed by atoms with Crippen molar-refractivity contribution >= 4 is 27.8 Å². The van der Waals surface area contributed by atoms with Gasteiger partial charge in [-0.2, -0.15) is 0 Å². The van der Waals surface area contributed by atoms with Crippen molar-refractivity contribution in [3.05, 3.63) is 4.88 Å². The molecular weight excluding hydrogens is 260 g/mol. The van der Waals surface area contributed by atoms with Gasteiger partial charge in [0.15, 0.2) is 11.5 Å². The van der Waals surface area contributed by atoms with E-state index in [0.29, 0.717) is 34.7 Å². The number of nitrogen functional groups attached to an aromatic ring is 1. The van der Waals surface area contributed by atoms with E-state index in [1.54, 1.807) is 7.11 Å². The Hall–Kier alpha value is -1.23. The van der Waals surface area contributed by atoms with Crippen molar-refractivity contribution in [2.45, 2.75) is 46.6 Å². The predicted molar refractivity (Wildman–Crippen MR) is 82.4 cm³/mol. The molecule has 0 spiro atoms. The normalized spacial score (nSPS) is 12.5. The molecule has 0 fully saturated rings. The zero-order valence-electron chi connectivity index (χ0n) is 12.4. The second-order valence-electron chi connectivity index (χ2n) is 4.89. The first kappa shape index (κ1) is 15.8. The fourth-order valence-electron chi connectivity index (χ4n) is 2.00. The van der Waals surface area contributed by atoms with Crippen molar-refractivity contribution in [1.82, 2.24) is 0 Å². The molecule has 0 aliphatic rings. The molecule has 1 aromatic heterocycles. The summed E-state index contributed by atoms with van der Waals surface area (Å²) in [4.78, 5) is 12.4. The first-order chi connectivity index (χ1) is 8.96. The first-order valence-corrected chi connectivity index (χ1v) is 7.53. The van der Waals surface area contributed by atoms with Crippen LogP contribution < -0.4 is 15.8 Å². The topological polar surface area (TPSA) is 64.3 Å². The van der Waals surface area contributed by atoms with Gasteiger partial charge in [0, 0.05) is 12.5 Å². The highest BCUT2D eigenvalue weighted by Crippen LogP contribution is 2.43. The van der Waals surface area contributed by atoms with Crippen LogP contribution in [0.3, 0.4) is 0 Å². The van der Waals surface area contributed by atoms with Crippen LogP contribution in [0.2, 0.25) is 0 Å². The lowest BCUT2D eigenvalue weighted by molar-refractivity contribution is 0.0992. The first-order valence-electron chi connectivity index (χ1n) is 6.72. The fraction of sp³-hybridized carbons (Fsp3) is 0.643. The molecule has 1 unspecified atom stereocenters. The molecule has 0 saturated heterocycles. The smallest absolute Gasteiger partial charge is 0.176 e. The van der Waals surface area contributed by atoms with Gasteiger partial charge in [0.1, 0.15) is 5.00 Å². The molecule has 0 aliphatic heterocycles. The minimum Gasteiger partial charge on any atom is -0.492 e. The number of ketones is 1. The third kappa shape index (κ3) is 3.41. The molecule has 0 saturated carbocycles. The third-order valence-electron chi connectivity index (χ3n) is 3.24. The minimum absolute atomic E-state index is 0.0615. The van der Waals surface area contributed by atoms with Gasteiger partial charge in [-0.3, -0.25) is 4.79 Å². The Balaban J connectivity index is 3.10. The predicted octanol–water partition coefficient (Wildman–Crippen LogP) is 3.78. The Labute approximate surface area is 119 Å². The summed E-state index contributed by atoms with van der Waals surface area (Å²) in [5.74, 6) is 1.16. The Morgan fingerprint density at radius 2 is 2.05 bits per heavy atom. The van der Waals surface area contributed by atoms with Crippen LogP contribution in [-0.4, -0.2) is 18.9 Å². The van der Waals surface area contributed by atoms with Gasteiger partial charge in [-0.15, -0.1) is 11.3 Å². The second kappa shape index (κ2) is 6.80. The van der Waals surface area contributed by atoms with Crippen LogP contribution in [0.4, 0.5) is 10.7 Å². The van der Waals surface area contributed by atoms with Crippen molar-refractivity contribution in [3.8, 4) is 5.75 Å². The molecule has 0 aromatic carbocycles. The van der Waals surface area contributed by atoms with E-state index in [1.165, 1.54) is 11.3 Å². The maximum absolute atomic E-state index is 11.9. The lowest BCUT2D eigenvalue weighted by atomic mass is 10.0. The summed E-state index contributed by atoms with van der Waals surface area (Å²) in [7, 11) is 1.58. The van der Waals surface area contributed by atoms with E-state index >= 15 is 0 Å². The number of nitrogens with two attached hydrogens (primary N) is 1. The number of ether oxygens (including phenoxy) is 1. The van der Waals surface area contributed by atoms with Crippen LogP contribution in [0.15, 0.2) is 0 Å². The highest BCUT2D eigenvalue weighted by Gasteiger charge is 2.23. The average molecular weight is 284 g/mol. The molecule has 108 valence electrons. The number of Topliss-reactive ketones (excluding diaryl/α,β-unsaturated/α-hetero) is 1. The molecule has 0 radical (unpaired) electrons. The summed E-state index contributed by atoms with van der Waals surface area (Å²) in [6, 6.07) is 0.344. The van der Waals surface area contributed by atoms with E-state index in [0.717, 1.165) is 11.4 Å². The molecule has 1 heterocycles. The van der Waals surface area contributed by atoms with E-state index in [2.05, 4.69) is 26.1 Å². The molecule has 0 bridgehead atoms. The van der Waals surface area contributed by atoms with Gasteiger partial charge in [-0.25, -0.2) is 0 Å². The summed E-state index contributed by atoms with van der Waals surface area (Å²) in [5, 5.41) is 4.31. The van der Waals surface area contributed by atoms with Crippen molar-refractivity contribution in [2.75, 3.05) is 18.2 Å². The zero-order chi connectivity index (χ0) is 14.6. The summed E-state index contributed by atoms with van der Waals surface area (Å²) >= 11 is 1.39. The minimum atomic E-state index is 0.0615. The zero-order valence-corrected chi connectivity index (χ0v) is 13.2. The highest BCUT2D eigenvalue weighted by molar-refractivity contribution is 7.19. The molecule has 3 N–H and O–H groups in total. The van der Waals surface area contributed by atoms with Crippen LogP contribution in [0, 0.1) is 5.92 Å². The van der Waals surface area contributed by atoms with E-state index in [9.17, 15) is 4.79 Å². The van der Waals surface area contributed by atoms with E-state index in [4.69, 9.17) is 10.5 Å². The Morgan fingerprint density at radius 1 is 1.42 bits per heavy atom. The lowest BCUT2D eigenvalue weighted by Crippen LogP contribution is -2.24. The molecule has 4 nitrogen and oxygen atoms in total. The standard InChI is InChI=1S/C14H24N2O2S/c1-6-9(8(3)4)16-14-12(18-5)11(15)13(19-14)10(17)7-2/h8-9,16H,6-7,15H2,1-5H3. The number of carbonyl (C=O) groups is 1. The molecule has 1 atom stereocenters. The van der Waals surface area contributed by atoms with Gasteiger partial charge in [0.25, 0.3) is 0 Å². The molecule has 5 heteroatoms. The number of anilines is 2. The Kier molecular flexibility index (Phi) is 5.66. The van der Waals surface area contributed by atoms with E-state index in [1.807, 2.05) is 6.92 Å². The number of hydrogen-bond donors (Lipinski definition) is 2. The van der Waals surface area contributed by atoms with Gasteiger partial charge in [-0.1, -0.05) is 27.7 Å². The van der Waals surface area contributed by atoms with Gasteiger partial charge >= 0.3 is 0 Å². The maximum atomic E-state index is 11.9. The van der Waals surface area contributed by atoms with Crippen molar-refractivity contribution in [1.29, 1.82) is 0 Å². The van der Waals surface area contributed by atoms with Crippen LogP contribution >= 0.6 is 11.3 Å². The quantitative estimate of drug-likeness (QED) is 0.748. The monoisotopic (exact) mass is 284 g/mol. The number of thiophene rings is 1. The number of nitrogens with one attached hydrogen (secondary N) is 1. The molecular formula is C14H24N2O2S. The summed E-state index contributed by atoms with van der Waals surface area (Å²) in [6.07, 6.45) is 1.46. The molecule has 1 rings (SSSR count). The van der Waals surface area contributed by atoms with Crippen molar-refractivity contribution in [3.63, 3.8) is 0 Å². The van der Waals surface area contributed by atoms with Gasteiger partial charge in [-0.05, 0) is 12.3 Å². The van der Waals surface area contributed by atoms with E-state index < -0.39 is 0 Å². The van der Waals surface area contributed by atoms with Crippen LogP contribution in [-0.2, 0) is 0 Å². The third-order valence-corrected chi connectivity index (χ3v) is 4.40. The highest BCUT2D eigenvalue weighted by atomic mass is 32.1. The van der Waals surface area contributed by atoms with Gasteiger partial charge < -0.3 is 15.8 Å².